The van der Waals surface area contributed by atoms with Gasteiger partial charge in [0.1, 0.15) is 5.69 Å². The zero-order valence-corrected chi connectivity index (χ0v) is 18.0. The first-order valence-electron chi connectivity index (χ1n) is 10.4. The topological polar surface area (TPSA) is 74.4 Å². The predicted octanol–water partition coefficient (Wildman–Crippen LogP) is 4.18. The van der Waals surface area contributed by atoms with Crippen LogP contribution in [0.4, 0.5) is 5.69 Å². The number of nitrogens with zero attached hydrogens (tertiary/aromatic N) is 1. The minimum atomic E-state index is -0.490. The van der Waals surface area contributed by atoms with E-state index in [0.717, 1.165) is 30.3 Å². The highest BCUT2D eigenvalue weighted by molar-refractivity contribution is 6.11. The number of nitrogens with one attached hydrogen (secondary N) is 2. The van der Waals surface area contributed by atoms with E-state index in [1.54, 1.807) is 0 Å². The highest BCUT2D eigenvalue weighted by Crippen LogP contribution is 2.53. The summed E-state index contributed by atoms with van der Waals surface area (Å²) in [7, 11) is 1.34. The Morgan fingerprint density at radius 3 is 2.69 bits per heavy atom. The molecule has 2 heterocycles. The van der Waals surface area contributed by atoms with Gasteiger partial charge in [-0.2, -0.15) is 0 Å². The maximum atomic E-state index is 13.2. The standard InChI is InChI=1S/C23H31N3O3/c1-14(26-13-23(4)11-15(26)10-22(2,3)12-23)20(27)25-18-16-8-6-7-9-17(16)24-19(18)21(28)29-5/h6-9,14-15,24H,10-13H2,1-5H3,(H,25,27)/t14-,15+,23+/m1/s1. The van der Waals surface area contributed by atoms with Crippen molar-refractivity contribution in [1.29, 1.82) is 0 Å². The smallest absolute Gasteiger partial charge is 0.356 e. The first kappa shape index (κ1) is 20.0. The Morgan fingerprint density at radius 2 is 1.97 bits per heavy atom. The van der Waals surface area contributed by atoms with Gasteiger partial charge in [-0.15, -0.1) is 0 Å². The predicted molar refractivity (Wildman–Crippen MR) is 114 cm³/mol. The summed E-state index contributed by atoms with van der Waals surface area (Å²) in [6.07, 6.45) is 3.45. The molecule has 1 amide bonds. The summed E-state index contributed by atoms with van der Waals surface area (Å²) >= 11 is 0. The fraction of sp³-hybridized carbons (Fsp3) is 0.565. The quantitative estimate of drug-likeness (QED) is 0.759. The molecule has 2 aromatic rings. The number of anilines is 1. The number of hydrogen-bond acceptors (Lipinski definition) is 4. The van der Waals surface area contributed by atoms with Crippen molar-refractivity contribution in [1.82, 2.24) is 9.88 Å². The minimum absolute atomic E-state index is 0.0890. The Kier molecular flexibility index (Phi) is 4.73. The van der Waals surface area contributed by atoms with E-state index < -0.39 is 5.97 Å². The van der Waals surface area contributed by atoms with Crippen molar-refractivity contribution in [2.45, 2.75) is 59.0 Å². The van der Waals surface area contributed by atoms with Crippen LogP contribution in [0.3, 0.4) is 0 Å². The van der Waals surface area contributed by atoms with Crippen LogP contribution in [0.2, 0.25) is 0 Å². The summed E-state index contributed by atoms with van der Waals surface area (Å²) < 4.78 is 4.91. The number of carbonyl (C=O) groups is 2. The molecule has 156 valence electrons. The minimum Gasteiger partial charge on any atom is -0.464 e. The molecule has 1 saturated heterocycles. The lowest BCUT2D eigenvalue weighted by molar-refractivity contribution is -0.121. The Balaban J connectivity index is 1.60. The molecule has 3 atom stereocenters. The van der Waals surface area contributed by atoms with E-state index in [1.807, 2.05) is 31.2 Å². The molecule has 4 rings (SSSR count). The number of benzene rings is 1. The zero-order chi connectivity index (χ0) is 21.0. The molecule has 0 unspecified atom stereocenters. The van der Waals surface area contributed by atoms with Crippen molar-refractivity contribution in [3.05, 3.63) is 30.0 Å². The van der Waals surface area contributed by atoms with Gasteiger partial charge in [-0.3, -0.25) is 9.69 Å². The van der Waals surface area contributed by atoms with Crippen LogP contribution in [0, 0.1) is 10.8 Å². The van der Waals surface area contributed by atoms with Crippen molar-refractivity contribution in [3.8, 4) is 0 Å². The molecular weight excluding hydrogens is 366 g/mol. The average molecular weight is 398 g/mol. The molecular formula is C23H31N3O3. The van der Waals surface area contributed by atoms with E-state index in [4.69, 9.17) is 4.74 Å². The summed E-state index contributed by atoms with van der Waals surface area (Å²) in [4.78, 5) is 30.9. The summed E-state index contributed by atoms with van der Waals surface area (Å²) in [6.45, 7) is 9.92. The number of likely N-dealkylation sites (tertiary alicyclic amines) is 1. The van der Waals surface area contributed by atoms with E-state index in [9.17, 15) is 9.59 Å². The SMILES string of the molecule is COC(=O)c1[nH]c2ccccc2c1NC(=O)[C@@H](C)N1C[C@@]2(C)C[C@@H]1CC(C)(C)C2. The molecule has 0 radical (unpaired) electrons. The van der Waals surface area contributed by atoms with Crippen LogP contribution in [0.5, 0.6) is 0 Å². The molecule has 1 saturated carbocycles. The van der Waals surface area contributed by atoms with Gasteiger partial charge in [0.15, 0.2) is 0 Å². The Bertz CT molecular complexity index is 963. The van der Waals surface area contributed by atoms with Crippen molar-refractivity contribution >= 4 is 28.5 Å². The lowest BCUT2D eigenvalue weighted by Crippen LogP contribution is -2.45. The number of fused-ring (bicyclic) bond motifs is 3. The Labute approximate surface area is 172 Å². The number of hydrogen-bond donors (Lipinski definition) is 2. The molecule has 29 heavy (non-hydrogen) atoms. The Hall–Kier alpha value is -2.34. The number of carbonyl (C=O) groups excluding carboxylic acids is 2. The molecule has 2 fully saturated rings. The molecule has 1 aromatic heterocycles. The lowest BCUT2D eigenvalue weighted by atomic mass is 9.65. The monoisotopic (exact) mass is 397 g/mol. The number of H-pyrrole nitrogens is 1. The van der Waals surface area contributed by atoms with Crippen molar-refractivity contribution < 1.29 is 14.3 Å². The molecule has 2 bridgehead atoms. The van der Waals surface area contributed by atoms with Gasteiger partial charge in [-0.1, -0.05) is 39.0 Å². The molecule has 1 aromatic carbocycles. The normalized spacial score (nSPS) is 27.0. The number of amides is 1. The average Bonchev–Trinajstić information content (AvgIpc) is 3.14. The molecule has 0 spiro atoms. The van der Waals surface area contributed by atoms with Gasteiger partial charge < -0.3 is 15.0 Å². The number of aromatic amines is 1. The molecule has 1 aliphatic heterocycles. The van der Waals surface area contributed by atoms with Gasteiger partial charge in [0, 0.05) is 23.5 Å². The van der Waals surface area contributed by atoms with Crippen molar-refractivity contribution in [2.75, 3.05) is 19.0 Å². The first-order valence-corrected chi connectivity index (χ1v) is 10.4. The van der Waals surface area contributed by atoms with Crippen molar-refractivity contribution in [2.24, 2.45) is 10.8 Å². The molecule has 2 aliphatic rings. The third kappa shape index (κ3) is 3.54. The highest BCUT2D eigenvalue weighted by atomic mass is 16.5. The maximum Gasteiger partial charge on any atom is 0.356 e. The first-order chi connectivity index (χ1) is 13.6. The van der Waals surface area contributed by atoms with Gasteiger partial charge in [-0.05, 0) is 43.1 Å². The molecule has 6 heteroatoms. The van der Waals surface area contributed by atoms with Gasteiger partial charge in [0.25, 0.3) is 0 Å². The number of para-hydroxylation sites is 1. The van der Waals surface area contributed by atoms with E-state index in [0.29, 0.717) is 17.1 Å². The highest BCUT2D eigenvalue weighted by Gasteiger charge is 2.51. The van der Waals surface area contributed by atoms with Crippen LogP contribution in [-0.4, -0.2) is 47.5 Å². The fourth-order valence-corrected chi connectivity index (χ4v) is 5.86. The summed E-state index contributed by atoms with van der Waals surface area (Å²) in [6, 6.07) is 7.71. The third-order valence-corrected chi connectivity index (χ3v) is 6.68. The second-order valence-corrected chi connectivity index (χ2v) is 9.96. The van der Waals surface area contributed by atoms with Gasteiger partial charge in [0.2, 0.25) is 5.91 Å². The number of aromatic nitrogens is 1. The largest absolute Gasteiger partial charge is 0.464 e. The van der Waals surface area contributed by atoms with Crippen LogP contribution in [0.15, 0.2) is 24.3 Å². The van der Waals surface area contributed by atoms with Gasteiger partial charge in [0.05, 0.1) is 18.8 Å². The van der Waals surface area contributed by atoms with Gasteiger partial charge >= 0.3 is 5.97 Å². The van der Waals surface area contributed by atoms with Crippen LogP contribution in [0.25, 0.3) is 10.9 Å². The summed E-state index contributed by atoms with van der Waals surface area (Å²) in [5.41, 5.74) is 2.14. The van der Waals surface area contributed by atoms with E-state index in [1.165, 1.54) is 13.5 Å². The number of ether oxygens (including phenoxy) is 1. The van der Waals surface area contributed by atoms with Crippen LogP contribution < -0.4 is 5.32 Å². The zero-order valence-electron chi connectivity index (χ0n) is 18.0. The van der Waals surface area contributed by atoms with E-state index >= 15 is 0 Å². The van der Waals surface area contributed by atoms with Crippen LogP contribution >= 0.6 is 0 Å². The maximum absolute atomic E-state index is 13.2. The Morgan fingerprint density at radius 1 is 1.24 bits per heavy atom. The fourth-order valence-electron chi connectivity index (χ4n) is 5.86. The second-order valence-electron chi connectivity index (χ2n) is 9.96. The lowest BCUT2D eigenvalue weighted by Gasteiger charge is -2.40. The summed E-state index contributed by atoms with van der Waals surface area (Å²) in [5, 5.41) is 3.83. The van der Waals surface area contributed by atoms with Crippen LogP contribution in [0.1, 0.15) is 57.4 Å². The molecule has 1 aliphatic carbocycles. The van der Waals surface area contributed by atoms with Gasteiger partial charge in [-0.25, -0.2) is 4.79 Å². The van der Waals surface area contributed by atoms with Crippen LogP contribution in [-0.2, 0) is 9.53 Å². The third-order valence-electron chi connectivity index (χ3n) is 6.68. The number of esters is 1. The van der Waals surface area contributed by atoms with E-state index in [-0.39, 0.29) is 23.1 Å². The number of methoxy groups -OCH3 is 1. The number of rotatable bonds is 4. The second kappa shape index (κ2) is 6.87. The van der Waals surface area contributed by atoms with E-state index in [2.05, 4.69) is 36.0 Å². The molecule has 6 nitrogen and oxygen atoms in total. The molecule has 2 N–H and O–H groups in total. The van der Waals surface area contributed by atoms with Crippen molar-refractivity contribution in [3.63, 3.8) is 0 Å². The summed E-state index contributed by atoms with van der Waals surface area (Å²) in [5.74, 6) is -0.579.